The van der Waals surface area contributed by atoms with Crippen molar-refractivity contribution in [1.82, 2.24) is 10.2 Å². The Hall–Kier alpha value is 0.460. The van der Waals surface area contributed by atoms with Gasteiger partial charge in [0.1, 0.15) is 0 Å². The zero-order chi connectivity index (χ0) is 6.85. The van der Waals surface area contributed by atoms with E-state index >= 15 is 0 Å². The van der Waals surface area contributed by atoms with Gasteiger partial charge in [-0.2, -0.15) is 0 Å². The van der Waals surface area contributed by atoms with Crippen LogP contribution in [0, 0.1) is 0 Å². The quantitative estimate of drug-likeness (QED) is 0.615. The summed E-state index contributed by atoms with van der Waals surface area (Å²) < 4.78 is 0. The number of hydrogen-bond donors (Lipinski definition) is 2. The lowest BCUT2D eigenvalue weighted by atomic mass is 10.2. The number of nitrogens with one attached hydrogen (secondary N) is 1. The normalized spacial score (nSPS) is 29.5. The lowest BCUT2D eigenvalue weighted by Crippen LogP contribution is -2.37. The van der Waals surface area contributed by atoms with Crippen molar-refractivity contribution in [2.45, 2.75) is 12.1 Å². The van der Waals surface area contributed by atoms with Crippen LogP contribution < -0.4 is 5.32 Å². The van der Waals surface area contributed by atoms with E-state index in [1.54, 1.807) is 0 Å². The molecule has 1 aliphatic rings. The topological polar surface area (TPSA) is 35.5 Å². The van der Waals surface area contributed by atoms with Crippen molar-refractivity contribution in [3.8, 4) is 0 Å². The van der Waals surface area contributed by atoms with E-state index in [9.17, 15) is 5.11 Å². The van der Waals surface area contributed by atoms with Crippen molar-refractivity contribution < 1.29 is 5.11 Å². The van der Waals surface area contributed by atoms with Crippen LogP contribution in [-0.2, 0) is 0 Å². The molecule has 3 nitrogen and oxygen atoms in total. The van der Waals surface area contributed by atoms with Gasteiger partial charge in [0.2, 0.25) is 0 Å². The van der Waals surface area contributed by atoms with Crippen molar-refractivity contribution in [2.24, 2.45) is 0 Å². The summed E-state index contributed by atoms with van der Waals surface area (Å²) >= 11 is 0. The van der Waals surface area contributed by atoms with Crippen molar-refractivity contribution in [1.29, 1.82) is 0 Å². The fourth-order valence-corrected chi connectivity index (χ4v) is 1.18. The maximum atomic E-state index is 9.26. The van der Waals surface area contributed by atoms with E-state index in [0.717, 1.165) is 13.1 Å². The Morgan fingerprint density at radius 1 is 1.27 bits per heavy atom. The number of β-amino-alcohol motifs (C(OH)–C–C–N with tert-alkyl or cyclic N) is 1. The van der Waals surface area contributed by atoms with Crippen LogP contribution in [0.2, 0.25) is 0 Å². The molecule has 1 saturated heterocycles. The molecule has 2 N–H and O–H groups in total. The molecular weight excluding hydrogens is 187 g/mol. The molecule has 0 saturated carbocycles. The number of aliphatic hydroxyl groups excluding tert-OH is 1. The Balaban J connectivity index is 0. The molecule has 1 aliphatic heterocycles. The molecule has 1 heterocycles. The molecule has 0 radical (unpaired) electrons. The summed E-state index contributed by atoms with van der Waals surface area (Å²) in [7, 11) is 3.97. The minimum Gasteiger partial charge on any atom is -0.390 e. The van der Waals surface area contributed by atoms with Crippen molar-refractivity contribution >= 4 is 24.8 Å². The Morgan fingerprint density at radius 3 is 2.00 bits per heavy atom. The van der Waals surface area contributed by atoms with Crippen molar-refractivity contribution in [3.63, 3.8) is 0 Å². The van der Waals surface area contributed by atoms with Crippen molar-refractivity contribution in [2.75, 3.05) is 27.2 Å². The number of halogens is 2. The van der Waals surface area contributed by atoms with Gasteiger partial charge in [0.25, 0.3) is 0 Å². The molecular formula is C6H16Cl2N2O. The second kappa shape index (κ2) is 6.03. The van der Waals surface area contributed by atoms with Gasteiger partial charge >= 0.3 is 0 Å². The van der Waals surface area contributed by atoms with E-state index in [1.807, 2.05) is 19.0 Å². The van der Waals surface area contributed by atoms with Crippen LogP contribution in [0.3, 0.4) is 0 Å². The van der Waals surface area contributed by atoms with Crippen LogP contribution >= 0.6 is 24.8 Å². The summed E-state index contributed by atoms with van der Waals surface area (Å²) in [4.78, 5) is 2.05. The molecule has 11 heavy (non-hydrogen) atoms. The number of aliphatic hydroxyl groups is 1. The van der Waals surface area contributed by atoms with Gasteiger partial charge in [-0.05, 0) is 14.1 Å². The first kappa shape index (κ1) is 14.0. The summed E-state index contributed by atoms with van der Waals surface area (Å²) in [5.74, 6) is 0. The van der Waals surface area contributed by atoms with E-state index in [1.165, 1.54) is 0 Å². The number of rotatable bonds is 1. The van der Waals surface area contributed by atoms with Gasteiger partial charge < -0.3 is 15.3 Å². The Labute approximate surface area is 80.0 Å². The SMILES string of the molecule is CN(C)[C@H]1CNC[C@@H]1O.Cl.Cl. The minimum atomic E-state index is -0.181. The molecule has 0 amide bonds. The standard InChI is InChI=1S/C6H14N2O.2ClH/c1-8(2)5-3-7-4-6(5)9;;/h5-7,9H,3-4H2,1-2H3;2*1H/t5-,6-;;/m0../s1. The number of nitrogens with zero attached hydrogens (tertiary/aromatic N) is 1. The predicted molar refractivity (Wildman–Crippen MR) is 50.8 cm³/mol. The average molecular weight is 203 g/mol. The molecule has 5 heteroatoms. The van der Waals surface area contributed by atoms with Crippen LogP contribution in [0.4, 0.5) is 0 Å². The first-order chi connectivity index (χ1) is 4.22. The maximum Gasteiger partial charge on any atom is 0.0831 e. The third-order valence-electron chi connectivity index (χ3n) is 1.81. The third-order valence-corrected chi connectivity index (χ3v) is 1.81. The van der Waals surface area contributed by atoms with E-state index in [0.29, 0.717) is 6.04 Å². The summed E-state index contributed by atoms with van der Waals surface area (Å²) in [5.41, 5.74) is 0. The van der Waals surface area contributed by atoms with Gasteiger partial charge in [-0.3, -0.25) is 0 Å². The fourth-order valence-electron chi connectivity index (χ4n) is 1.18. The van der Waals surface area contributed by atoms with Gasteiger partial charge in [0.05, 0.1) is 6.10 Å². The maximum absolute atomic E-state index is 9.26. The van der Waals surface area contributed by atoms with Crippen LogP contribution in [-0.4, -0.2) is 49.3 Å². The molecule has 0 unspecified atom stereocenters. The lowest BCUT2D eigenvalue weighted by Gasteiger charge is -2.20. The molecule has 0 aromatic carbocycles. The van der Waals surface area contributed by atoms with Gasteiger partial charge in [-0.25, -0.2) is 0 Å². The highest BCUT2D eigenvalue weighted by Gasteiger charge is 2.25. The molecule has 70 valence electrons. The number of likely N-dealkylation sites (N-methyl/N-ethyl adjacent to an activating group) is 1. The molecule has 0 aliphatic carbocycles. The van der Waals surface area contributed by atoms with Gasteiger partial charge in [0.15, 0.2) is 0 Å². The first-order valence-corrected chi connectivity index (χ1v) is 3.27. The molecule has 1 rings (SSSR count). The lowest BCUT2D eigenvalue weighted by molar-refractivity contribution is 0.114. The molecule has 0 aromatic rings. The second-order valence-corrected chi connectivity index (χ2v) is 2.76. The van der Waals surface area contributed by atoms with E-state index in [-0.39, 0.29) is 30.9 Å². The zero-order valence-electron chi connectivity index (χ0n) is 6.78. The van der Waals surface area contributed by atoms with Gasteiger partial charge in [-0.1, -0.05) is 0 Å². The fraction of sp³-hybridized carbons (Fsp3) is 1.00. The highest BCUT2D eigenvalue weighted by atomic mass is 35.5. The van der Waals surface area contributed by atoms with E-state index in [2.05, 4.69) is 5.32 Å². The van der Waals surface area contributed by atoms with E-state index < -0.39 is 0 Å². The Morgan fingerprint density at radius 2 is 1.82 bits per heavy atom. The zero-order valence-corrected chi connectivity index (χ0v) is 8.41. The second-order valence-electron chi connectivity index (χ2n) is 2.76. The highest BCUT2D eigenvalue weighted by molar-refractivity contribution is 5.85. The molecule has 1 fully saturated rings. The Kier molecular flexibility index (Phi) is 7.68. The van der Waals surface area contributed by atoms with Crippen LogP contribution in [0.15, 0.2) is 0 Å². The summed E-state index contributed by atoms with van der Waals surface area (Å²) in [6, 6.07) is 0.310. The van der Waals surface area contributed by atoms with Gasteiger partial charge in [0, 0.05) is 19.1 Å². The average Bonchev–Trinajstić information content (AvgIpc) is 2.13. The molecule has 2 atom stereocenters. The first-order valence-electron chi connectivity index (χ1n) is 3.27. The summed E-state index contributed by atoms with van der Waals surface area (Å²) in [6.45, 7) is 1.65. The minimum absolute atomic E-state index is 0. The molecule has 0 aromatic heterocycles. The smallest absolute Gasteiger partial charge is 0.0831 e. The van der Waals surface area contributed by atoms with Gasteiger partial charge in [-0.15, -0.1) is 24.8 Å². The Bertz CT molecular complexity index is 103. The van der Waals surface area contributed by atoms with Crippen molar-refractivity contribution in [3.05, 3.63) is 0 Å². The van der Waals surface area contributed by atoms with Crippen LogP contribution in [0.1, 0.15) is 0 Å². The van der Waals surface area contributed by atoms with Crippen LogP contribution in [0.25, 0.3) is 0 Å². The summed E-state index contributed by atoms with van der Waals surface area (Å²) in [6.07, 6.45) is -0.181. The summed E-state index contributed by atoms with van der Waals surface area (Å²) in [5, 5.41) is 12.4. The molecule has 0 bridgehead atoms. The number of hydrogen-bond acceptors (Lipinski definition) is 3. The monoisotopic (exact) mass is 202 g/mol. The predicted octanol–water partition coefficient (Wildman–Crippen LogP) is -0.276. The highest BCUT2D eigenvalue weighted by Crippen LogP contribution is 2.03. The van der Waals surface area contributed by atoms with Crippen LogP contribution in [0.5, 0.6) is 0 Å². The largest absolute Gasteiger partial charge is 0.390 e. The molecule has 0 spiro atoms. The third kappa shape index (κ3) is 3.58. The van der Waals surface area contributed by atoms with E-state index in [4.69, 9.17) is 0 Å².